The summed E-state index contributed by atoms with van der Waals surface area (Å²) in [6.45, 7) is 7.41. The Bertz CT molecular complexity index is 483. The van der Waals surface area contributed by atoms with E-state index in [9.17, 15) is 4.79 Å². The first-order chi connectivity index (χ1) is 9.52. The number of benzene rings is 1. The Morgan fingerprint density at radius 1 is 1.35 bits per heavy atom. The van der Waals surface area contributed by atoms with Crippen molar-refractivity contribution in [2.45, 2.75) is 33.4 Å². The van der Waals surface area contributed by atoms with Crippen LogP contribution in [0, 0.1) is 5.41 Å². The molecule has 0 unspecified atom stereocenters. The van der Waals surface area contributed by atoms with E-state index in [2.05, 4.69) is 24.5 Å². The average Bonchev–Trinajstić information content (AvgIpc) is 2.90. The zero-order valence-corrected chi connectivity index (χ0v) is 12.6. The molecule has 0 bridgehead atoms. The summed E-state index contributed by atoms with van der Waals surface area (Å²) < 4.78 is 5.10. The summed E-state index contributed by atoms with van der Waals surface area (Å²) in [4.78, 5) is 12.2. The zero-order valence-electron chi connectivity index (χ0n) is 12.6. The average molecular weight is 276 g/mol. The van der Waals surface area contributed by atoms with Crippen molar-refractivity contribution in [1.29, 1.82) is 0 Å². The molecule has 0 fully saturated rings. The van der Waals surface area contributed by atoms with Gasteiger partial charge in [-0.25, -0.2) is 0 Å². The molecule has 0 aliphatic carbocycles. The Hall–Kier alpha value is -1.39. The third-order valence-corrected chi connectivity index (χ3v) is 3.81. The summed E-state index contributed by atoms with van der Waals surface area (Å²) in [5, 5.41) is 6.31. The third kappa shape index (κ3) is 3.81. The van der Waals surface area contributed by atoms with Crippen LogP contribution in [0.2, 0.25) is 0 Å². The van der Waals surface area contributed by atoms with Crippen LogP contribution in [0.3, 0.4) is 0 Å². The molecule has 1 aliphatic rings. The van der Waals surface area contributed by atoms with Gasteiger partial charge in [0.2, 0.25) is 0 Å². The van der Waals surface area contributed by atoms with Gasteiger partial charge in [-0.15, -0.1) is 0 Å². The van der Waals surface area contributed by atoms with E-state index in [-0.39, 0.29) is 11.3 Å². The number of carbonyl (C=O) groups is 1. The molecular weight excluding hydrogens is 252 g/mol. The van der Waals surface area contributed by atoms with E-state index in [1.54, 1.807) is 7.11 Å². The normalized spacial score (nSPS) is 14.2. The largest absolute Gasteiger partial charge is 0.385 e. The van der Waals surface area contributed by atoms with Gasteiger partial charge in [0.05, 0.1) is 0 Å². The highest BCUT2D eigenvalue weighted by Crippen LogP contribution is 2.20. The number of amides is 1. The van der Waals surface area contributed by atoms with Crippen molar-refractivity contribution < 1.29 is 9.53 Å². The van der Waals surface area contributed by atoms with Gasteiger partial charge in [-0.3, -0.25) is 4.79 Å². The molecule has 0 spiro atoms. The summed E-state index contributed by atoms with van der Waals surface area (Å²) in [6, 6.07) is 5.94. The lowest BCUT2D eigenvalue weighted by Crippen LogP contribution is -2.34. The van der Waals surface area contributed by atoms with E-state index in [0.717, 1.165) is 25.1 Å². The van der Waals surface area contributed by atoms with Crippen LogP contribution in [-0.4, -0.2) is 26.2 Å². The molecule has 1 heterocycles. The van der Waals surface area contributed by atoms with E-state index in [1.807, 2.05) is 18.2 Å². The minimum atomic E-state index is 0.00481. The zero-order chi connectivity index (χ0) is 14.6. The number of methoxy groups -OCH3 is 1. The molecule has 1 aromatic carbocycles. The lowest BCUT2D eigenvalue weighted by molar-refractivity contribution is 0.0921. The summed E-state index contributed by atoms with van der Waals surface area (Å²) in [5.74, 6) is 0.00481. The van der Waals surface area contributed by atoms with Crippen LogP contribution >= 0.6 is 0 Å². The molecule has 0 saturated heterocycles. The number of nitrogens with one attached hydrogen (secondary N) is 2. The Morgan fingerprint density at radius 3 is 2.85 bits per heavy atom. The summed E-state index contributed by atoms with van der Waals surface area (Å²) in [7, 11) is 1.70. The molecule has 0 atom stereocenters. The van der Waals surface area contributed by atoms with E-state index >= 15 is 0 Å². The molecule has 4 heteroatoms. The molecule has 1 aliphatic heterocycles. The monoisotopic (exact) mass is 276 g/mol. The Labute approximate surface area is 120 Å². The molecule has 0 saturated carbocycles. The van der Waals surface area contributed by atoms with Gasteiger partial charge in [-0.05, 0) is 35.1 Å². The van der Waals surface area contributed by atoms with Gasteiger partial charge in [0, 0.05) is 38.9 Å². The summed E-state index contributed by atoms with van der Waals surface area (Å²) in [5.41, 5.74) is 3.32. The van der Waals surface area contributed by atoms with Crippen LogP contribution in [0.5, 0.6) is 0 Å². The maximum Gasteiger partial charge on any atom is 0.251 e. The van der Waals surface area contributed by atoms with Gasteiger partial charge in [-0.2, -0.15) is 0 Å². The van der Waals surface area contributed by atoms with Gasteiger partial charge in [0.1, 0.15) is 0 Å². The molecule has 1 aromatic rings. The van der Waals surface area contributed by atoms with Crippen molar-refractivity contribution in [3.05, 3.63) is 34.9 Å². The lowest BCUT2D eigenvalue weighted by Gasteiger charge is -2.24. The molecule has 4 nitrogen and oxygen atoms in total. The maximum absolute atomic E-state index is 12.2. The predicted molar refractivity (Wildman–Crippen MR) is 79.6 cm³/mol. The third-order valence-electron chi connectivity index (χ3n) is 3.81. The van der Waals surface area contributed by atoms with Gasteiger partial charge in [0.15, 0.2) is 0 Å². The first-order valence-corrected chi connectivity index (χ1v) is 7.11. The van der Waals surface area contributed by atoms with Crippen LogP contribution in [0.25, 0.3) is 0 Å². The van der Waals surface area contributed by atoms with Gasteiger partial charge in [0.25, 0.3) is 5.91 Å². The van der Waals surface area contributed by atoms with Crippen molar-refractivity contribution in [2.75, 3.05) is 20.3 Å². The number of hydrogen-bond donors (Lipinski definition) is 2. The van der Waals surface area contributed by atoms with Crippen molar-refractivity contribution in [3.63, 3.8) is 0 Å². The second-order valence-electron chi connectivity index (χ2n) is 6.18. The van der Waals surface area contributed by atoms with E-state index in [0.29, 0.717) is 13.2 Å². The molecule has 110 valence electrons. The van der Waals surface area contributed by atoms with Crippen molar-refractivity contribution in [2.24, 2.45) is 5.41 Å². The topological polar surface area (TPSA) is 50.4 Å². The summed E-state index contributed by atoms with van der Waals surface area (Å²) in [6.07, 6.45) is 0.928. The fourth-order valence-electron chi connectivity index (χ4n) is 2.32. The first kappa shape index (κ1) is 15.0. The van der Waals surface area contributed by atoms with Crippen LogP contribution in [0.4, 0.5) is 0 Å². The number of hydrogen-bond acceptors (Lipinski definition) is 3. The molecule has 1 amide bonds. The van der Waals surface area contributed by atoms with Crippen molar-refractivity contribution >= 4 is 5.91 Å². The van der Waals surface area contributed by atoms with Gasteiger partial charge >= 0.3 is 0 Å². The molecule has 20 heavy (non-hydrogen) atoms. The Balaban J connectivity index is 1.92. The molecule has 2 N–H and O–H groups in total. The first-order valence-electron chi connectivity index (χ1n) is 7.11. The Kier molecular flexibility index (Phi) is 4.78. The standard InChI is InChI=1S/C16H24N2O2/c1-16(2,6-7-20-3)11-18-15(19)12-4-5-13-9-17-10-14(13)8-12/h4-5,8,17H,6-7,9-11H2,1-3H3,(H,18,19). The number of fused-ring (bicyclic) bond motifs is 1. The smallest absolute Gasteiger partial charge is 0.251 e. The second-order valence-corrected chi connectivity index (χ2v) is 6.18. The number of ether oxygens (including phenoxy) is 1. The van der Waals surface area contributed by atoms with Crippen LogP contribution in [-0.2, 0) is 17.8 Å². The maximum atomic E-state index is 12.2. The fourth-order valence-corrected chi connectivity index (χ4v) is 2.32. The molecule has 0 radical (unpaired) electrons. The minimum absolute atomic E-state index is 0.00481. The molecular formula is C16H24N2O2. The van der Waals surface area contributed by atoms with Crippen molar-refractivity contribution in [3.8, 4) is 0 Å². The fraction of sp³-hybridized carbons (Fsp3) is 0.562. The van der Waals surface area contributed by atoms with E-state index in [4.69, 9.17) is 4.74 Å². The SMILES string of the molecule is COCCC(C)(C)CNC(=O)c1ccc2c(c1)CNC2. The summed E-state index contributed by atoms with van der Waals surface area (Å²) >= 11 is 0. The number of carbonyl (C=O) groups excluding carboxylic acids is 1. The highest BCUT2D eigenvalue weighted by atomic mass is 16.5. The van der Waals surface area contributed by atoms with Gasteiger partial charge < -0.3 is 15.4 Å². The highest BCUT2D eigenvalue weighted by Gasteiger charge is 2.19. The molecule has 0 aromatic heterocycles. The second kappa shape index (κ2) is 6.37. The lowest BCUT2D eigenvalue weighted by atomic mass is 9.89. The van der Waals surface area contributed by atoms with Crippen LogP contribution < -0.4 is 10.6 Å². The van der Waals surface area contributed by atoms with Gasteiger partial charge in [-0.1, -0.05) is 19.9 Å². The Morgan fingerprint density at radius 2 is 2.10 bits per heavy atom. The number of rotatable bonds is 6. The van der Waals surface area contributed by atoms with Crippen molar-refractivity contribution in [1.82, 2.24) is 10.6 Å². The van der Waals surface area contributed by atoms with E-state index in [1.165, 1.54) is 11.1 Å². The molecule has 2 rings (SSSR count). The quantitative estimate of drug-likeness (QED) is 0.836. The highest BCUT2D eigenvalue weighted by molar-refractivity contribution is 5.94. The minimum Gasteiger partial charge on any atom is -0.385 e. The predicted octanol–water partition coefficient (Wildman–Crippen LogP) is 2.08. The van der Waals surface area contributed by atoms with E-state index < -0.39 is 0 Å². The van der Waals surface area contributed by atoms with Crippen LogP contribution in [0.1, 0.15) is 41.8 Å². The van der Waals surface area contributed by atoms with Crippen LogP contribution in [0.15, 0.2) is 18.2 Å².